The summed E-state index contributed by atoms with van der Waals surface area (Å²) in [5.41, 5.74) is 0.581. The summed E-state index contributed by atoms with van der Waals surface area (Å²) >= 11 is 0. The Morgan fingerprint density at radius 2 is 2.14 bits per heavy atom. The summed E-state index contributed by atoms with van der Waals surface area (Å²) in [7, 11) is 0. The maximum absolute atomic E-state index is 14.6. The van der Waals surface area contributed by atoms with Gasteiger partial charge >= 0.3 is 0 Å². The molecule has 2 N–H and O–H groups in total. The first-order valence-electron chi connectivity index (χ1n) is 9.09. The fourth-order valence-electron chi connectivity index (χ4n) is 3.47. The van der Waals surface area contributed by atoms with Gasteiger partial charge in [-0.25, -0.2) is 23.7 Å². The van der Waals surface area contributed by atoms with Crippen LogP contribution in [-0.4, -0.2) is 55.6 Å². The van der Waals surface area contributed by atoms with Crippen LogP contribution in [0, 0.1) is 18.6 Å². The molecule has 1 fully saturated rings. The first-order valence-corrected chi connectivity index (χ1v) is 9.09. The van der Waals surface area contributed by atoms with Crippen LogP contribution in [0.4, 0.5) is 14.7 Å². The molecule has 0 amide bonds. The van der Waals surface area contributed by atoms with Crippen LogP contribution in [0.5, 0.6) is 0 Å². The summed E-state index contributed by atoms with van der Waals surface area (Å²) in [6, 6.07) is 0.770. The number of aliphatic hydroxyl groups excluding tert-OH is 1. The highest BCUT2D eigenvalue weighted by molar-refractivity contribution is 5.94. The normalized spacial score (nSPS) is 19.5. The zero-order chi connectivity index (χ0) is 20.7. The summed E-state index contributed by atoms with van der Waals surface area (Å²) in [6.45, 7) is 3.61. The van der Waals surface area contributed by atoms with Crippen LogP contribution in [0.15, 0.2) is 18.5 Å². The van der Waals surface area contributed by atoms with Gasteiger partial charge in [-0.05, 0) is 19.4 Å². The van der Waals surface area contributed by atoms with Crippen molar-refractivity contribution in [2.24, 2.45) is 0 Å². The predicted octanol–water partition coefficient (Wildman–Crippen LogP) is 2.14. The Morgan fingerprint density at radius 3 is 2.86 bits per heavy atom. The lowest BCUT2D eigenvalue weighted by atomic mass is 10.1. The highest BCUT2D eigenvalue weighted by Crippen LogP contribution is 2.26. The molecular weight excluding hydrogens is 384 g/mol. The number of rotatable bonds is 4. The first-order chi connectivity index (χ1) is 13.8. The fourth-order valence-corrected chi connectivity index (χ4v) is 3.47. The molecule has 0 radical (unpaired) electrons. The zero-order valence-electron chi connectivity index (χ0n) is 15.8. The minimum absolute atomic E-state index is 0.0189. The van der Waals surface area contributed by atoms with E-state index in [1.165, 1.54) is 17.5 Å². The van der Waals surface area contributed by atoms with Gasteiger partial charge in [0.15, 0.2) is 23.1 Å². The predicted molar refractivity (Wildman–Crippen MR) is 99.7 cm³/mol. The average Bonchev–Trinajstić information content (AvgIpc) is 3.02. The molecule has 29 heavy (non-hydrogen) atoms. The first kappa shape index (κ1) is 19.3. The van der Waals surface area contributed by atoms with E-state index in [0.29, 0.717) is 18.7 Å². The molecule has 0 unspecified atom stereocenters. The van der Waals surface area contributed by atoms with Gasteiger partial charge in [-0.3, -0.25) is 9.20 Å². The Balaban J connectivity index is 1.77. The van der Waals surface area contributed by atoms with Crippen molar-refractivity contribution in [3.8, 4) is 11.3 Å². The molecule has 1 aliphatic heterocycles. The van der Waals surface area contributed by atoms with E-state index in [4.69, 9.17) is 4.74 Å². The number of Topliss-reactive ketones (excluding diaryl/α,β-unsaturated/α-hetero) is 1. The quantitative estimate of drug-likeness (QED) is 0.644. The second-order valence-corrected chi connectivity index (χ2v) is 6.94. The molecule has 1 aliphatic rings. The smallest absolute Gasteiger partial charge is 0.223 e. The molecule has 1 saturated heterocycles. The number of aliphatic hydroxyl groups is 1. The van der Waals surface area contributed by atoms with Gasteiger partial charge in [0.2, 0.25) is 5.95 Å². The lowest BCUT2D eigenvalue weighted by Gasteiger charge is -2.28. The number of aromatic nitrogens is 4. The van der Waals surface area contributed by atoms with Crippen molar-refractivity contribution in [3.05, 3.63) is 41.5 Å². The van der Waals surface area contributed by atoms with Gasteiger partial charge in [-0.15, -0.1) is 0 Å². The number of carbonyl (C=O) groups excluding carboxylic acids is 1. The fraction of sp³-hybridized carbons (Fsp3) is 0.368. The van der Waals surface area contributed by atoms with Gasteiger partial charge in [-0.1, -0.05) is 0 Å². The number of fused-ring (bicyclic) bond motifs is 1. The second-order valence-electron chi connectivity index (χ2n) is 6.94. The largest absolute Gasteiger partial charge is 0.389 e. The highest BCUT2D eigenvalue weighted by atomic mass is 19.1. The molecule has 152 valence electrons. The molecule has 0 aromatic carbocycles. The molecule has 2 atom stereocenters. The zero-order valence-corrected chi connectivity index (χ0v) is 15.8. The SMILES string of the molecule is CC(=O)c1c(C)nc2c(F)cc(-c3nc(N[C@@H]4CCOC[C@H]4O)ncc3F)cn12. The minimum atomic E-state index is -0.748. The van der Waals surface area contributed by atoms with E-state index < -0.39 is 17.7 Å². The third-order valence-electron chi connectivity index (χ3n) is 4.84. The number of aryl methyl sites for hydroxylation is 1. The number of hydrogen-bond acceptors (Lipinski definition) is 7. The third kappa shape index (κ3) is 3.56. The van der Waals surface area contributed by atoms with Crippen LogP contribution in [0.3, 0.4) is 0 Å². The summed E-state index contributed by atoms with van der Waals surface area (Å²) in [5.74, 6) is -1.64. The lowest BCUT2D eigenvalue weighted by Crippen LogP contribution is -2.42. The molecule has 3 aromatic heterocycles. The number of anilines is 1. The summed E-state index contributed by atoms with van der Waals surface area (Å²) in [4.78, 5) is 24.1. The van der Waals surface area contributed by atoms with E-state index >= 15 is 0 Å². The van der Waals surface area contributed by atoms with Crippen molar-refractivity contribution in [3.63, 3.8) is 0 Å². The van der Waals surface area contributed by atoms with Gasteiger partial charge in [0.25, 0.3) is 0 Å². The van der Waals surface area contributed by atoms with Crippen molar-refractivity contribution in [1.82, 2.24) is 19.4 Å². The van der Waals surface area contributed by atoms with E-state index in [1.54, 1.807) is 6.92 Å². The van der Waals surface area contributed by atoms with Gasteiger partial charge in [0.1, 0.15) is 11.4 Å². The van der Waals surface area contributed by atoms with Gasteiger partial charge in [0.05, 0.1) is 30.6 Å². The van der Waals surface area contributed by atoms with Crippen molar-refractivity contribution in [1.29, 1.82) is 0 Å². The Bertz CT molecular complexity index is 1100. The van der Waals surface area contributed by atoms with Crippen molar-refractivity contribution in [2.75, 3.05) is 18.5 Å². The van der Waals surface area contributed by atoms with Crippen molar-refractivity contribution in [2.45, 2.75) is 32.4 Å². The molecule has 0 aliphatic carbocycles. The molecule has 4 heterocycles. The maximum atomic E-state index is 14.6. The number of hydrogen-bond donors (Lipinski definition) is 2. The molecule has 0 spiro atoms. The molecule has 4 rings (SSSR count). The van der Waals surface area contributed by atoms with Crippen LogP contribution in [0.25, 0.3) is 16.9 Å². The summed E-state index contributed by atoms with van der Waals surface area (Å²) < 4.78 is 35.6. The number of nitrogens with zero attached hydrogens (tertiary/aromatic N) is 4. The average molecular weight is 403 g/mol. The number of carbonyl (C=O) groups is 1. The van der Waals surface area contributed by atoms with E-state index in [9.17, 15) is 18.7 Å². The Morgan fingerprint density at radius 1 is 1.34 bits per heavy atom. The Hall–Kier alpha value is -2.98. The van der Waals surface area contributed by atoms with Crippen LogP contribution in [0.2, 0.25) is 0 Å². The number of ketones is 1. The van der Waals surface area contributed by atoms with Crippen LogP contribution in [0.1, 0.15) is 29.5 Å². The summed E-state index contributed by atoms with van der Waals surface area (Å²) in [6.07, 6.45) is 2.19. The molecule has 8 nitrogen and oxygen atoms in total. The third-order valence-corrected chi connectivity index (χ3v) is 4.84. The van der Waals surface area contributed by atoms with E-state index in [2.05, 4.69) is 20.3 Å². The van der Waals surface area contributed by atoms with E-state index in [0.717, 1.165) is 12.3 Å². The molecule has 0 saturated carbocycles. The number of ether oxygens (including phenoxy) is 1. The maximum Gasteiger partial charge on any atom is 0.223 e. The van der Waals surface area contributed by atoms with E-state index in [-0.39, 0.29) is 47.0 Å². The van der Waals surface area contributed by atoms with Crippen molar-refractivity contribution < 1.29 is 23.4 Å². The molecule has 10 heteroatoms. The minimum Gasteiger partial charge on any atom is -0.389 e. The lowest BCUT2D eigenvalue weighted by molar-refractivity contribution is -0.0136. The van der Waals surface area contributed by atoms with E-state index in [1.807, 2.05) is 0 Å². The van der Waals surface area contributed by atoms with Gasteiger partial charge in [-0.2, -0.15) is 0 Å². The molecule has 3 aromatic rings. The number of imidazole rings is 1. The molecule has 0 bridgehead atoms. The number of nitrogens with one attached hydrogen (secondary N) is 1. The second kappa shape index (κ2) is 7.45. The number of pyridine rings is 1. The topological polar surface area (TPSA) is 102 Å². The molecular formula is C19H19F2N5O3. The van der Waals surface area contributed by atoms with Crippen LogP contribution in [-0.2, 0) is 4.74 Å². The van der Waals surface area contributed by atoms with Gasteiger partial charge < -0.3 is 15.2 Å². The summed E-state index contributed by atoms with van der Waals surface area (Å²) in [5, 5.41) is 13.0. The van der Waals surface area contributed by atoms with Crippen LogP contribution < -0.4 is 5.32 Å². The monoisotopic (exact) mass is 403 g/mol. The number of halogens is 2. The van der Waals surface area contributed by atoms with Crippen LogP contribution >= 0.6 is 0 Å². The Labute approximate surface area is 164 Å². The standard InChI is InChI=1S/C19H19F2N5O3/c1-9-17(10(2)27)26-7-11(5-12(20)18(26)23-9)16-13(21)6-22-19(25-16)24-14-3-4-29-8-15(14)28/h5-7,14-15,28H,3-4,8H2,1-2H3,(H,22,24,25)/t14-,15-/m1/s1. The Kier molecular flexibility index (Phi) is 4.97. The van der Waals surface area contributed by atoms with Crippen molar-refractivity contribution >= 4 is 17.4 Å². The van der Waals surface area contributed by atoms with Gasteiger partial charge in [0, 0.05) is 25.3 Å². The highest BCUT2D eigenvalue weighted by Gasteiger charge is 2.25.